The standard InChI is InChI=1S/C22H23N5O2S.C21H21N5O2S2.2C21H21N5O2S.C20H19N5O2S/c1-13-7-6-8-19(27-22(28)26(5)24-25-27)18(13)12-29-20-10-9-17(11-14(20)2)21-15(3)23-16(4)30-21;1-13-6-5-7-18(26-21(27)25(3)23-24-26)16(13)11-28-19-9-8-15(10-14(19)2)17-12-30-20(22-17)29-4;1-13-6-5-7-18(26-21(27)25(4)23-24-26)17(13)11-28-19-9-8-16(10-14(19)2)20-15(3)29-12-22-20;1-13-6-5-7-18(26-21(27)25(4)23-24-26)17(13)11-28-19-9-8-16(10-14(19)2)20-15(3)22-12-29-20;1-13-5-4-6-17(25-20(26)24(3)22-23-25)16(13)12-27-18-8-7-15(11-14(18)2)19-21-9-10-28-19/h6-11H,12H2,1-5H3;5-10,12H,11H2,1-4H3;2*5-10,12H,11H2,1-4H3;4-11H,12H2,1-3H3. The van der Waals surface area contributed by atoms with E-state index in [1.165, 1.54) is 61.4 Å². The number of rotatable bonds is 26. The first-order valence-electron chi connectivity index (χ1n) is 46.0. The second-order valence-electron chi connectivity index (χ2n) is 34.4. The zero-order valence-electron chi connectivity index (χ0n) is 84.0. The fourth-order valence-corrected chi connectivity index (χ4v) is 20.3. The Hall–Kier alpha value is -16.0. The first kappa shape index (κ1) is 103. The van der Waals surface area contributed by atoms with Crippen molar-refractivity contribution in [3.8, 4) is 111 Å². The molecule has 0 atom stereocenters. The molecule has 0 spiro atoms. The second kappa shape index (κ2) is 45.8. The second-order valence-corrected chi connectivity index (χ2v) is 40.3. The maximum atomic E-state index is 12.3. The van der Waals surface area contributed by atoms with Crippen LogP contribution in [0.15, 0.2) is 238 Å². The Kier molecular flexibility index (Phi) is 32.3. The van der Waals surface area contributed by atoms with Crippen molar-refractivity contribution in [3.63, 3.8) is 0 Å². The SMILES string of the molecule is CSc1nc(-c2ccc(OCc3c(C)cccc3-n3nnn(C)c3=O)c(C)c2)cs1.Cc1cc(-c2nccs2)ccc1OCc1c(C)cccc1-n1nnn(C)c1=O.Cc1cc(-c2ncsc2C)ccc1OCc1c(C)cccc1-n1nnn(C)c1=O.Cc1cc(-c2scnc2C)ccc1OCc1c(C)cccc1-n1nnn(C)c1=O.Cc1nc(C)c(-c2ccc(OCc3c(C)cccc3-n3nnn(C)c3=O)c(C)c2)s1. The van der Waals surface area contributed by atoms with Gasteiger partial charge in [0.2, 0.25) is 0 Å². The highest BCUT2D eigenvalue weighted by Gasteiger charge is 2.24. The topological polar surface area (TPSA) is 374 Å². The minimum absolute atomic E-state index is 0.294. The van der Waals surface area contributed by atoms with Gasteiger partial charge in [0, 0.05) is 102 Å². The van der Waals surface area contributed by atoms with E-state index in [1.807, 2.05) is 252 Å². The highest BCUT2D eigenvalue weighted by Crippen LogP contribution is 2.39. The third kappa shape index (κ3) is 23.1. The molecule has 0 radical (unpaired) electrons. The van der Waals surface area contributed by atoms with E-state index in [0.29, 0.717) is 61.5 Å². The van der Waals surface area contributed by atoms with Gasteiger partial charge in [-0.15, -0.1) is 56.7 Å². The lowest BCUT2D eigenvalue weighted by Crippen LogP contribution is -2.23. The molecule has 10 aromatic carbocycles. The molecule has 20 rings (SSSR count). The Morgan fingerprint density at radius 2 is 0.630 bits per heavy atom. The number of thiazole rings is 5. The van der Waals surface area contributed by atoms with Crippen molar-refractivity contribution < 1.29 is 23.7 Å². The Morgan fingerprint density at radius 3 is 0.918 bits per heavy atom. The summed E-state index contributed by atoms with van der Waals surface area (Å²) in [5.74, 6) is 3.98. The number of benzene rings is 10. The monoisotopic (exact) mass is 2070 g/mol. The van der Waals surface area contributed by atoms with Crippen LogP contribution >= 0.6 is 68.4 Å². The highest BCUT2D eigenvalue weighted by molar-refractivity contribution is 8.00. The summed E-state index contributed by atoms with van der Waals surface area (Å²) in [6.07, 6.45) is 3.83. The molecule has 10 heterocycles. The van der Waals surface area contributed by atoms with E-state index >= 15 is 0 Å². The lowest BCUT2D eigenvalue weighted by Gasteiger charge is -2.15. The minimum atomic E-state index is -0.296. The van der Waals surface area contributed by atoms with Gasteiger partial charge in [0.1, 0.15) is 71.1 Å². The Bertz CT molecular complexity index is 8260. The maximum Gasteiger partial charge on any atom is 0.368 e. The molecular weight excluding hydrogens is 1960 g/mol. The van der Waals surface area contributed by atoms with Gasteiger partial charge in [-0.1, -0.05) is 72.4 Å². The normalized spacial score (nSPS) is 11.0. The van der Waals surface area contributed by atoms with Crippen LogP contribution in [0.4, 0.5) is 0 Å². The average Bonchev–Trinajstić information content (AvgIpc) is 1.75. The molecule has 0 saturated carbocycles. The van der Waals surface area contributed by atoms with Crippen molar-refractivity contribution in [1.29, 1.82) is 0 Å². The molecule has 20 aromatic rings. The van der Waals surface area contributed by atoms with Crippen molar-refractivity contribution in [2.75, 3.05) is 6.26 Å². The van der Waals surface area contributed by atoms with Crippen molar-refractivity contribution in [2.24, 2.45) is 35.2 Å². The van der Waals surface area contributed by atoms with Gasteiger partial charge in [0.15, 0.2) is 0 Å². The van der Waals surface area contributed by atoms with Crippen molar-refractivity contribution in [1.82, 2.24) is 124 Å². The van der Waals surface area contributed by atoms with Crippen LogP contribution in [0.5, 0.6) is 28.7 Å². The molecule has 41 heteroatoms. The van der Waals surface area contributed by atoms with Crippen LogP contribution in [0.1, 0.15) is 105 Å². The van der Waals surface area contributed by atoms with Crippen molar-refractivity contribution in [2.45, 2.75) is 134 Å². The zero-order valence-corrected chi connectivity index (χ0v) is 88.9. The van der Waals surface area contributed by atoms with Gasteiger partial charge in [0.25, 0.3) is 0 Å². The molecule has 0 amide bonds. The van der Waals surface area contributed by atoms with Crippen LogP contribution in [0.2, 0.25) is 0 Å². The molecule has 10 aromatic heterocycles. The summed E-state index contributed by atoms with van der Waals surface area (Å²) in [6.45, 7) is 29.8. The summed E-state index contributed by atoms with van der Waals surface area (Å²) in [4.78, 5) is 87.3. The van der Waals surface area contributed by atoms with E-state index in [9.17, 15) is 24.0 Å². The van der Waals surface area contributed by atoms with Gasteiger partial charge < -0.3 is 23.7 Å². The molecular formula is C105H105N25O10S6. The fourth-order valence-electron chi connectivity index (χ4n) is 16.0. The summed E-state index contributed by atoms with van der Waals surface area (Å²) >= 11 is 9.87. The number of tetrazole rings is 5. The smallest absolute Gasteiger partial charge is 0.368 e. The molecule has 0 fully saturated rings. The van der Waals surface area contributed by atoms with Crippen LogP contribution in [-0.2, 0) is 68.3 Å². The quantitative estimate of drug-likeness (QED) is 0.0454. The van der Waals surface area contributed by atoms with Gasteiger partial charge >= 0.3 is 28.4 Å². The Balaban J connectivity index is 0.000000131. The number of nitrogens with zero attached hydrogens (tertiary/aromatic N) is 25. The summed E-state index contributed by atoms with van der Waals surface area (Å²) in [5.41, 5.74) is 30.0. The average molecular weight is 2070 g/mol. The van der Waals surface area contributed by atoms with E-state index in [0.717, 1.165) is 177 Å². The number of aromatic nitrogens is 25. The van der Waals surface area contributed by atoms with Gasteiger partial charge in [0.05, 0.1) is 77.0 Å². The predicted molar refractivity (Wildman–Crippen MR) is 571 cm³/mol. The molecule has 746 valence electrons. The van der Waals surface area contributed by atoms with Crippen LogP contribution in [0.25, 0.3) is 82.4 Å². The number of ether oxygens (including phenoxy) is 5. The molecule has 0 aliphatic carbocycles. The maximum absolute atomic E-state index is 12.3. The first-order valence-corrected chi connectivity index (χ1v) is 51.6. The Labute approximate surface area is 863 Å². The summed E-state index contributed by atoms with van der Waals surface area (Å²) < 4.78 is 44.2. The number of aryl methyl sites for hydroxylation is 19. The van der Waals surface area contributed by atoms with Gasteiger partial charge in [-0.3, -0.25) is 0 Å². The van der Waals surface area contributed by atoms with Crippen molar-refractivity contribution >= 4 is 68.4 Å². The van der Waals surface area contributed by atoms with E-state index in [2.05, 4.69) is 132 Å². The zero-order chi connectivity index (χ0) is 103. The van der Waals surface area contributed by atoms with Gasteiger partial charge in [-0.25, -0.2) is 48.9 Å². The molecule has 0 saturated heterocycles. The number of thioether (sulfide) groups is 1. The lowest BCUT2D eigenvalue weighted by molar-refractivity contribution is 0.302. The van der Waals surface area contributed by atoms with Gasteiger partial charge in [-0.05, 0) is 343 Å². The summed E-state index contributed by atoms with van der Waals surface area (Å²) in [6, 6.07) is 59.2. The Morgan fingerprint density at radius 1 is 0.308 bits per heavy atom. The molecule has 146 heavy (non-hydrogen) atoms. The highest BCUT2D eigenvalue weighted by atomic mass is 32.2. The fraction of sp³-hybridized carbons (Fsp3) is 0.238. The lowest BCUT2D eigenvalue weighted by atomic mass is 10.1. The van der Waals surface area contributed by atoms with Crippen LogP contribution in [0.3, 0.4) is 0 Å². The van der Waals surface area contributed by atoms with Crippen LogP contribution < -0.4 is 52.1 Å². The number of hydrogen-bond acceptors (Lipinski definition) is 31. The third-order valence-corrected chi connectivity index (χ3v) is 29.8. The first-order chi connectivity index (χ1) is 70.3. The summed E-state index contributed by atoms with van der Waals surface area (Å²) in [5, 5.41) is 44.9. The minimum Gasteiger partial charge on any atom is -0.489 e. The predicted octanol–water partition coefficient (Wildman–Crippen LogP) is 18.4. The van der Waals surface area contributed by atoms with Crippen LogP contribution in [0, 0.1) is 96.9 Å². The number of hydrogen-bond donors (Lipinski definition) is 0. The molecule has 0 bridgehead atoms. The summed E-state index contributed by atoms with van der Waals surface area (Å²) in [7, 11) is 7.88. The third-order valence-electron chi connectivity index (χ3n) is 24.2. The van der Waals surface area contributed by atoms with Gasteiger partial charge in [-0.2, -0.15) is 46.8 Å². The largest absolute Gasteiger partial charge is 0.489 e. The van der Waals surface area contributed by atoms with E-state index in [4.69, 9.17) is 23.7 Å². The van der Waals surface area contributed by atoms with Crippen LogP contribution in [-0.4, -0.2) is 130 Å². The molecule has 0 unspecified atom stereocenters. The van der Waals surface area contributed by atoms with Crippen molar-refractivity contribution in [3.05, 3.63) is 367 Å². The molecule has 0 aliphatic rings. The molecule has 0 aliphatic heterocycles. The molecule has 35 nitrogen and oxygen atoms in total. The van der Waals surface area contributed by atoms with E-state index in [-0.39, 0.29) is 28.4 Å². The van der Waals surface area contributed by atoms with E-state index in [1.54, 1.807) is 110 Å². The molecule has 0 N–H and O–H groups in total. The van der Waals surface area contributed by atoms with E-state index < -0.39 is 0 Å².